The molecule has 0 aliphatic heterocycles. The summed E-state index contributed by atoms with van der Waals surface area (Å²) in [5.41, 5.74) is 0.517. The molecule has 1 aromatic rings. The molecular weight excluding hydrogens is 254 g/mol. The summed E-state index contributed by atoms with van der Waals surface area (Å²) < 4.78 is 26.4. The van der Waals surface area contributed by atoms with Gasteiger partial charge in [-0.1, -0.05) is 13.8 Å². The van der Waals surface area contributed by atoms with Crippen LogP contribution >= 0.6 is 0 Å². The number of aliphatic hydroxyl groups excluding tert-OH is 1. The molecule has 2 N–H and O–H groups in total. The summed E-state index contributed by atoms with van der Waals surface area (Å²) in [5, 5.41) is 15.5. The van der Waals surface area contributed by atoms with Crippen molar-refractivity contribution in [3.05, 3.63) is 11.9 Å². The van der Waals surface area contributed by atoms with Crippen LogP contribution in [0, 0.1) is 6.92 Å². The van der Waals surface area contributed by atoms with Gasteiger partial charge in [-0.25, -0.2) is 8.42 Å². The zero-order chi connectivity index (χ0) is 13.8. The van der Waals surface area contributed by atoms with Gasteiger partial charge in [0.15, 0.2) is 0 Å². The molecule has 1 rings (SSSR count). The van der Waals surface area contributed by atoms with Gasteiger partial charge in [-0.2, -0.15) is 9.40 Å². The first-order valence-electron chi connectivity index (χ1n) is 6.11. The molecule has 0 atom stereocenters. The van der Waals surface area contributed by atoms with Crippen molar-refractivity contribution in [3.63, 3.8) is 0 Å². The monoisotopic (exact) mass is 275 g/mol. The van der Waals surface area contributed by atoms with Gasteiger partial charge in [0.25, 0.3) is 0 Å². The van der Waals surface area contributed by atoms with Crippen molar-refractivity contribution in [1.82, 2.24) is 14.5 Å². The van der Waals surface area contributed by atoms with E-state index in [9.17, 15) is 8.42 Å². The van der Waals surface area contributed by atoms with Gasteiger partial charge in [0.2, 0.25) is 10.0 Å². The summed E-state index contributed by atoms with van der Waals surface area (Å²) in [5.74, 6) is 0. The maximum atomic E-state index is 12.5. The lowest BCUT2D eigenvalue weighted by Crippen LogP contribution is -2.41. The van der Waals surface area contributed by atoms with Gasteiger partial charge < -0.3 is 5.11 Å². The van der Waals surface area contributed by atoms with Crippen LogP contribution in [0.15, 0.2) is 11.1 Å². The summed E-state index contributed by atoms with van der Waals surface area (Å²) in [6.45, 7) is 5.47. The third-order valence-corrected chi connectivity index (χ3v) is 5.11. The topological polar surface area (TPSA) is 86.3 Å². The van der Waals surface area contributed by atoms with E-state index in [0.29, 0.717) is 18.5 Å². The van der Waals surface area contributed by atoms with Gasteiger partial charge in [-0.15, -0.1) is 0 Å². The normalized spacial score (nSPS) is 12.6. The number of rotatable bonds is 7. The molecule has 7 heteroatoms. The van der Waals surface area contributed by atoms with Gasteiger partial charge in [-0.3, -0.25) is 5.10 Å². The lowest BCUT2D eigenvalue weighted by atomic mass is 10.2. The Labute approximate surface area is 108 Å². The predicted molar refractivity (Wildman–Crippen MR) is 68.7 cm³/mol. The fourth-order valence-corrected chi connectivity index (χ4v) is 3.90. The maximum absolute atomic E-state index is 12.5. The van der Waals surface area contributed by atoms with Crippen LogP contribution in [0.3, 0.4) is 0 Å². The van der Waals surface area contributed by atoms with Crippen LogP contribution < -0.4 is 0 Å². The third kappa shape index (κ3) is 2.90. The van der Waals surface area contributed by atoms with Crippen LogP contribution in [0.1, 0.15) is 32.4 Å². The first kappa shape index (κ1) is 15.1. The van der Waals surface area contributed by atoms with E-state index in [0.717, 1.165) is 0 Å². The number of nitrogens with zero attached hydrogens (tertiary/aromatic N) is 2. The van der Waals surface area contributed by atoms with Crippen LogP contribution in [-0.4, -0.2) is 47.2 Å². The van der Waals surface area contributed by atoms with Crippen molar-refractivity contribution in [3.8, 4) is 0 Å². The fourth-order valence-electron chi connectivity index (χ4n) is 2.02. The predicted octanol–water partition coefficient (Wildman–Crippen LogP) is 0.890. The van der Waals surface area contributed by atoms with E-state index in [1.54, 1.807) is 6.92 Å². The van der Waals surface area contributed by atoms with Crippen molar-refractivity contribution < 1.29 is 13.5 Å². The zero-order valence-electron chi connectivity index (χ0n) is 11.0. The van der Waals surface area contributed by atoms with Crippen LogP contribution in [0.2, 0.25) is 0 Å². The Morgan fingerprint density at radius 1 is 1.44 bits per heavy atom. The number of H-pyrrole nitrogens is 1. The number of sulfonamides is 1. The Hall–Kier alpha value is -0.920. The Bertz CT molecular complexity index is 466. The smallest absolute Gasteiger partial charge is 0.246 e. The minimum atomic E-state index is -3.59. The third-order valence-electron chi connectivity index (χ3n) is 3.04. The average Bonchev–Trinajstić information content (AvgIpc) is 2.76. The summed E-state index contributed by atoms with van der Waals surface area (Å²) in [4.78, 5) is 0.183. The number of aromatic amines is 1. The van der Waals surface area contributed by atoms with Crippen molar-refractivity contribution in [2.45, 2.75) is 44.6 Å². The van der Waals surface area contributed by atoms with E-state index >= 15 is 0 Å². The highest BCUT2D eigenvalue weighted by Crippen LogP contribution is 2.22. The Kier molecular flexibility index (Phi) is 5.30. The zero-order valence-corrected chi connectivity index (χ0v) is 11.9. The van der Waals surface area contributed by atoms with Crippen LogP contribution in [0.5, 0.6) is 0 Å². The molecule has 0 unspecified atom stereocenters. The van der Waals surface area contributed by atoms with Gasteiger partial charge in [-0.05, 0) is 19.8 Å². The van der Waals surface area contributed by atoms with Crippen LogP contribution in [0.4, 0.5) is 0 Å². The molecule has 18 heavy (non-hydrogen) atoms. The molecule has 0 aliphatic carbocycles. The van der Waals surface area contributed by atoms with Crippen molar-refractivity contribution in [1.29, 1.82) is 0 Å². The van der Waals surface area contributed by atoms with E-state index < -0.39 is 10.0 Å². The maximum Gasteiger partial charge on any atom is 0.246 e. The molecule has 0 bridgehead atoms. The van der Waals surface area contributed by atoms with Crippen molar-refractivity contribution >= 4 is 10.0 Å². The minimum Gasteiger partial charge on any atom is -0.395 e. The van der Waals surface area contributed by atoms with Crippen molar-refractivity contribution in [2.75, 3.05) is 13.2 Å². The van der Waals surface area contributed by atoms with Crippen molar-refractivity contribution in [2.24, 2.45) is 0 Å². The molecule has 0 radical (unpaired) electrons. The SMILES string of the molecule is CCC(CC)N(CCO)S(=O)(=O)c1cn[nH]c1C. The minimum absolute atomic E-state index is 0.101. The van der Waals surface area contributed by atoms with Gasteiger partial charge in [0, 0.05) is 12.6 Å². The van der Waals surface area contributed by atoms with E-state index in [1.807, 2.05) is 13.8 Å². The lowest BCUT2D eigenvalue weighted by molar-refractivity contribution is 0.219. The highest BCUT2D eigenvalue weighted by molar-refractivity contribution is 7.89. The van der Waals surface area contributed by atoms with E-state index in [4.69, 9.17) is 5.11 Å². The molecule has 0 saturated carbocycles. The van der Waals surface area contributed by atoms with Gasteiger partial charge >= 0.3 is 0 Å². The highest BCUT2D eigenvalue weighted by Gasteiger charge is 2.31. The second-order valence-corrected chi connectivity index (χ2v) is 6.03. The standard InChI is InChI=1S/C11H21N3O3S/c1-4-10(5-2)14(6-7-15)18(16,17)11-8-12-13-9(11)3/h8,10,15H,4-7H2,1-3H3,(H,12,13). The molecule has 0 spiro atoms. The number of aromatic nitrogens is 2. The van der Waals surface area contributed by atoms with Crippen LogP contribution in [0.25, 0.3) is 0 Å². The average molecular weight is 275 g/mol. The van der Waals surface area contributed by atoms with E-state index in [-0.39, 0.29) is 24.1 Å². The number of aliphatic hydroxyl groups is 1. The van der Waals surface area contributed by atoms with E-state index in [2.05, 4.69) is 10.2 Å². The molecule has 0 fully saturated rings. The molecule has 1 heterocycles. The van der Waals surface area contributed by atoms with Gasteiger partial charge in [0.05, 0.1) is 18.5 Å². The lowest BCUT2D eigenvalue weighted by Gasteiger charge is -2.28. The second-order valence-electron chi connectivity index (χ2n) is 4.17. The largest absolute Gasteiger partial charge is 0.395 e. The van der Waals surface area contributed by atoms with E-state index in [1.165, 1.54) is 10.5 Å². The number of nitrogens with one attached hydrogen (secondary N) is 1. The Morgan fingerprint density at radius 3 is 2.44 bits per heavy atom. The first-order chi connectivity index (χ1) is 8.48. The summed E-state index contributed by atoms with van der Waals surface area (Å²) in [6.07, 6.45) is 2.75. The summed E-state index contributed by atoms with van der Waals surface area (Å²) >= 11 is 0. The Morgan fingerprint density at radius 2 is 2.06 bits per heavy atom. The summed E-state index contributed by atoms with van der Waals surface area (Å²) in [7, 11) is -3.59. The second kappa shape index (κ2) is 6.31. The quantitative estimate of drug-likeness (QED) is 0.773. The molecule has 6 nitrogen and oxygen atoms in total. The number of aryl methyl sites for hydroxylation is 1. The molecule has 104 valence electrons. The molecule has 0 amide bonds. The van der Waals surface area contributed by atoms with Crippen LogP contribution in [-0.2, 0) is 10.0 Å². The molecule has 0 aromatic carbocycles. The number of hydrogen-bond acceptors (Lipinski definition) is 4. The molecule has 1 aromatic heterocycles. The van der Waals surface area contributed by atoms with Gasteiger partial charge in [0.1, 0.15) is 4.90 Å². The fraction of sp³-hybridized carbons (Fsp3) is 0.727. The molecule has 0 saturated heterocycles. The summed E-state index contributed by atoms with van der Waals surface area (Å²) in [6, 6.07) is -0.101. The molecular formula is C11H21N3O3S. The Balaban J connectivity index is 3.16. The first-order valence-corrected chi connectivity index (χ1v) is 7.55. The highest BCUT2D eigenvalue weighted by atomic mass is 32.2. The number of hydrogen-bond donors (Lipinski definition) is 2. The molecule has 0 aliphatic rings.